The minimum Gasteiger partial charge on any atom is -0.507 e. The number of benzene rings is 2. The molecule has 1 atom stereocenters. The molecule has 1 amide bonds. The van der Waals surface area contributed by atoms with Crippen molar-refractivity contribution >= 4 is 39.9 Å². The van der Waals surface area contributed by atoms with E-state index in [0.29, 0.717) is 28.3 Å². The van der Waals surface area contributed by atoms with Crippen molar-refractivity contribution in [1.29, 1.82) is 0 Å². The molecule has 1 aliphatic heterocycles. The molecular formula is C28H25FN2O7S. The third-order valence-electron chi connectivity index (χ3n) is 6.11. The number of methoxy groups -OCH3 is 2. The van der Waals surface area contributed by atoms with Crippen LogP contribution in [0.25, 0.3) is 5.76 Å². The van der Waals surface area contributed by atoms with Crippen LogP contribution in [0, 0.1) is 19.7 Å². The number of aliphatic hydroxyl groups excluding tert-OH is 1. The molecule has 1 aromatic heterocycles. The Bertz CT molecular complexity index is 1530. The monoisotopic (exact) mass is 552 g/mol. The van der Waals surface area contributed by atoms with Crippen LogP contribution >= 0.6 is 11.3 Å². The topological polar surface area (TPSA) is 115 Å². The second-order valence-corrected chi connectivity index (χ2v) is 9.52. The van der Waals surface area contributed by atoms with E-state index in [0.717, 1.165) is 22.3 Å². The summed E-state index contributed by atoms with van der Waals surface area (Å²) < 4.78 is 30.3. The summed E-state index contributed by atoms with van der Waals surface area (Å²) >= 11 is 0.868. The highest BCUT2D eigenvalue weighted by Gasteiger charge is 2.48. The van der Waals surface area contributed by atoms with Crippen LogP contribution in [-0.2, 0) is 14.3 Å². The average Bonchev–Trinajstić information content (AvgIpc) is 3.44. The quantitative estimate of drug-likeness (QED) is 0.138. The lowest BCUT2D eigenvalue weighted by Crippen LogP contribution is -2.29. The molecule has 0 unspecified atom stereocenters. The third-order valence-corrected chi connectivity index (χ3v) is 7.25. The zero-order valence-electron chi connectivity index (χ0n) is 21.6. The normalized spacial score (nSPS) is 16.3. The second-order valence-electron chi connectivity index (χ2n) is 8.55. The number of ether oxygens (including phenoxy) is 3. The van der Waals surface area contributed by atoms with Crippen LogP contribution in [0.2, 0.25) is 0 Å². The molecule has 0 aliphatic carbocycles. The number of nitrogens with zero attached hydrogens (tertiary/aromatic N) is 2. The van der Waals surface area contributed by atoms with E-state index in [-0.39, 0.29) is 27.8 Å². The summed E-state index contributed by atoms with van der Waals surface area (Å²) in [5, 5.41) is 11.3. The van der Waals surface area contributed by atoms with Gasteiger partial charge in [-0.05, 0) is 43.2 Å². The molecule has 11 heteroatoms. The predicted molar refractivity (Wildman–Crippen MR) is 143 cm³/mol. The lowest BCUT2D eigenvalue weighted by molar-refractivity contribution is -0.132. The summed E-state index contributed by atoms with van der Waals surface area (Å²) in [5.74, 6) is -3.10. The van der Waals surface area contributed by atoms with Crippen molar-refractivity contribution in [3.8, 4) is 11.5 Å². The molecule has 1 aliphatic rings. The van der Waals surface area contributed by atoms with E-state index >= 15 is 0 Å². The number of hydrogen-bond acceptors (Lipinski definition) is 9. The highest BCUT2D eigenvalue weighted by atomic mass is 32.1. The number of anilines is 1. The van der Waals surface area contributed by atoms with Crippen molar-refractivity contribution in [3.63, 3.8) is 0 Å². The van der Waals surface area contributed by atoms with Gasteiger partial charge in [-0.1, -0.05) is 42.2 Å². The summed E-state index contributed by atoms with van der Waals surface area (Å²) in [7, 11) is 2.65. The number of esters is 1. The Hall–Kier alpha value is -4.51. The van der Waals surface area contributed by atoms with E-state index in [1.807, 2.05) is 0 Å². The van der Waals surface area contributed by atoms with Gasteiger partial charge in [-0.25, -0.2) is 14.2 Å². The third kappa shape index (κ3) is 5.00. The molecule has 9 nitrogen and oxygen atoms in total. The van der Waals surface area contributed by atoms with E-state index in [4.69, 9.17) is 14.2 Å². The molecule has 1 fully saturated rings. The number of thiazole rings is 1. The van der Waals surface area contributed by atoms with Gasteiger partial charge in [0.1, 0.15) is 23.1 Å². The van der Waals surface area contributed by atoms with Gasteiger partial charge in [-0.3, -0.25) is 14.5 Å². The maximum absolute atomic E-state index is 14.4. The predicted octanol–water partition coefficient (Wildman–Crippen LogP) is 4.89. The molecule has 202 valence electrons. The van der Waals surface area contributed by atoms with E-state index in [2.05, 4.69) is 11.6 Å². The number of hydrogen-bond donors (Lipinski definition) is 1. The number of carbonyl (C=O) groups excluding carboxylic acids is 3. The molecule has 0 spiro atoms. The fourth-order valence-electron chi connectivity index (χ4n) is 4.13. The smallest absolute Gasteiger partial charge is 0.350 e. The fraction of sp³-hybridized carbons (Fsp3) is 0.214. The molecule has 39 heavy (non-hydrogen) atoms. The summed E-state index contributed by atoms with van der Waals surface area (Å²) in [5.41, 5.74) is 0.756. The van der Waals surface area contributed by atoms with Gasteiger partial charge < -0.3 is 19.3 Å². The number of carbonyl (C=O) groups is 3. The van der Waals surface area contributed by atoms with Crippen LogP contribution in [0.5, 0.6) is 11.5 Å². The molecule has 2 aromatic carbocycles. The van der Waals surface area contributed by atoms with Crippen molar-refractivity contribution in [1.82, 2.24) is 4.98 Å². The number of aromatic nitrogens is 1. The lowest BCUT2D eigenvalue weighted by Gasteiger charge is -2.24. The first-order valence-corrected chi connectivity index (χ1v) is 12.5. The highest BCUT2D eigenvalue weighted by molar-refractivity contribution is 7.17. The SMILES string of the molecule is C=CCOc1ccc([C@H]2C(=C(O)c3ccc(C)c(F)c3)C(=O)C(=O)N2c2nc(C)c(C(=O)OC)s2)cc1OC. The van der Waals surface area contributed by atoms with Crippen molar-refractivity contribution in [2.45, 2.75) is 19.9 Å². The zero-order chi connectivity index (χ0) is 28.4. The van der Waals surface area contributed by atoms with Gasteiger partial charge in [0, 0.05) is 5.56 Å². The Balaban J connectivity index is 1.96. The molecule has 0 radical (unpaired) electrons. The van der Waals surface area contributed by atoms with Gasteiger partial charge in [0.15, 0.2) is 16.6 Å². The Morgan fingerprint density at radius 3 is 2.56 bits per heavy atom. The Labute approximate surface area is 227 Å². The van der Waals surface area contributed by atoms with E-state index in [1.165, 1.54) is 26.4 Å². The van der Waals surface area contributed by atoms with Gasteiger partial charge >= 0.3 is 11.9 Å². The number of halogens is 1. The maximum atomic E-state index is 14.4. The Morgan fingerprint density at radius 1 is 1.18 bits per heavy atom. The Morgan fingerprint density at radius 2 is 1.92 bits per heavy atom. The number of Topliss-reactive ketones (excluding diaryl/α,β-unsaturated/α-hetero) is 1. The van der Waals surface area contributed by atoms with Crippen LogP contribution in [0.3, 0.4) is 0 Å². The molecule has 1 N–H and O–H groups in total. The standard InChI is InChI=1S/C28H25FN2O7S/c1-6-11-38-19-10-9-16(13-20(19)36-4)22-21(23(32)17-8-7-14(2)18(29)12-17)24(33)26(34)31(22)28-30-15(3)25(39-28)27(35)37-5/h6-10,12-13,22,32H,1,11H2,2-5H3/t22-/m0/s1. The molecule has 1 saturated heterocycles. The van der Waals surface area contributed by atoms with Crippen molar-refractivity contribution in [2.24, 2.45) is 0 Å². The van der Waals surface area contributed by atoms with Crippen LogP contribution in [0.15, 0.2) is 54.6 Å². The fourth-order valence-corrected chi connectivity index (χ4v) is 5.14. The lowest BCUT2D eigenvalue weighted by atomic mass is 9.94. The molecule has 4 rings (SSSR count). The first-order chi connectivity index (χ1) is 18.6. The molecule has 3 aromatic rings. The summed E-state index contributed by atoms with van der Waals surface area (Å²) in [4.78, 5) is 44.7. The average molecular weight is 553 g/mol. The summed E-state index contributed by atoms with van der Waals surface area (Å²) in [6.07, 6.45) is 1.56. The maximum Gasteiger partial charge on any atom is 0.350 e. The van der Waals surface area contributed by atoms with Gasteiger partial charge in [0.2, 0.25) is 0 Å². The van der Waals surface area contributed by atoms with E-state index < -0.39 is 35.3 Å². The van der Waals surface area contributed by atoms with Crippen LogP contribution < -0.4 is 14.4 Å². The molecular weight excluding hydrogens is 527 g/mol. The van der Waals surface area contributed by atoms with Crippen molar-refractivity contribution in [3.05, 3.63) is 87.7 Å². The number of ketones is 1. The summed E-state index contributed by atoms with van der Waals surface area (Å²) in [6, 6.07) is 7.57. The van der Waals surface area contributed by atoms with Crippen LogP contribution in [0.4, 0.5) is 9.52 Å². The minimum absolute atomic E-state index is 0.0181. The van der Waals surface area contributed by atoms with Crippen molar-refractivity contribution < 1.29 is 38.1 Å². The van der Waals surface area contributed by atoms with E-state index in [1.54, 1.807) is 38.1 Å². The molecule has 0 saturated carbocycles. The van der Waals surface area contributed by atoms with Gasteiger partial charge in [0.25, 0.3) is 5.78 Å². The van der Waals surface area contributed by atoms with Gasteiger partial charge in [-0.2, -0.15) is 0 Å². The van der Waals surface area contributed by atoms with E-state index in [9.17, 15) is 23.9 Å². The first kappa shape index (κ1) is 27.5. The van der Waals surface area contributed by atoms with Gasteiger partial charge in [-0.15, -0.1) is 0 Å². The largest absolute Gasteiger partial charge is 0.507 e. The summed E-state index contributed by atoms with van der Waals surface area (Å²) in [6.45, 7) is 6.96. The number of aryl methyl sites for hydroxylation is 2. The Kier molecular flexibility index (Phi) is 7.82. The zero-order valence-corrected chi connectivity index (χ0v) is 22.4. The van der Waals surface area contributed by atoms with Crippen molar-refractivity contribution in [2.75, 3.05) is 25.7 Å². The number of rotatable bonds is 8. The van der Waals surface area contributed by atoms with Gasteiger partial charge in [0.05, 0.1) is 31.5 Å². The molecule has 2 heterocycles. The number of aliphatic hydroxyl groups is 1. The minimum atomic E-state index is -1.19. The number of amides is 1. The van der Waals surface area contributed by atoms with Crippen LogP contribution in [0.1, 0.15) is 38.1 Å². The van der Waals surface area contributed by atoms with Crippen LogP contribution in [-0.4, -0.2) is 48.6 Å². The first-order valence-electron chi connectivity index (χ1n) is 11.7. The second kappa shape index (κ2) is 11.1. The molecule has 0 bridgehead atoms. The highest BCUT2D eigenvalue weighted by Crippen LogP contribution is 2.45.